The summed E-state index contributed by atoms with van der Waals surface area (Å²) >= 11 is 0. The van der Waals surface area contributed by atoms with E-state index < -0.39 is 11.9 Å². The van der Waals surface area contributed by atoms with Crippen molar-refractivity contribution < 1.29 is 15.0 Å². The van der Waals surface area contributed by atoms with Crippen LogP contribution in [-0.2, 0) is 4.79 Å². The lowest BCUT2D eigenvalue weighted by Crippen LogP contribution is -2.23. The Hall–Kier alpha value is -1.71. The average Bonchev–Trinajstić information content (AvgIpc) is 2.58. The average molecular weight is 207 g/mol. The molecule has 0 spiro atoms. The van der Waals surface area contributed by atoms with Gasteiger partial charge in [-0.3, -0.25) is 4.79 Å². The maximum absolute atomic E-state index is 11.0. The van der Waals surface area contributed by atoms with Gasteiger partial charge in [0.15, 0.2) is 0 Å². The van der Waals surface area contributed by atoms with Crippen LogP contribution in [0.25, 0.3) is 0 Å². The lowest BCUT2D eigenvalue weighted by atomic mass is 10.0. The Bertz CT molecular complexity index is 403. The van der Waals surface area contributed by atoms with Crippen LogP contribution in [0.1, 0.15) is 18.4 Å². The van der Waals surface area contributed by atoms with Crippen LogP contribution in [-0.4, -0.2) is 29.3 Å². The van der Waals surface area contributed by atoms with Crippen molar-refractivity contribution in [2.24, 2.45) is 0 Å². The van der Waals surface area contributed by atoms with Crippen molar-refractivity contribution in [2.45, 2.75) is 12.8 Å². The van der Waals surface area contributed by atoms with Crippen molar-refractivity contribution in [3.8, 4) is 5.75 Å². The zero-order valence-corrected chi connectivity index (χ0v) is 8.47. The molecule has 0 bridgehead atoms. The summed E-state index contributed by atoms with van der Waals surface area (Å²) in [5.41, 5.74) is 1.39. The standard InChI is InChI=1S/C11H13NO3/c1-2-12-6-7(11(14)15)10-8(12)4-3-5-9(10)13/h3-5,7,13H,2,6H2,1H3,(H,14,15). The lowest BCUT2D eigenvalue weighted by molar-refractivity contribution is -0.138. The van der Waals surface area contributed by atoms with Gasteiger partial charge in [-0.1, -0.05) is 6.07 Å². The minimum atomic E-state index is -0.881. The van der Waals surface area contributed by atoms with E-state index in [2.05, 4.69) is 0 Å². The predicted octanol–water partition coefficient (Wildman–Crippen LogP) is 1.40. The van der Waals surface area contributed by atoms with Crippen LogP contribution in [0.5, 0.6) is 5.75 Å². The molecule has 0 radical (unpaired) electrons. The van der Waals surface area contributed by atoms with E-state index in [1.54, 1.807) is 6.07 Å². The highest BCUT2D eigenvalue weighted by molar-refractivity contribution is 5.84. The Balaban J connectivity index is 2.52. The third-order valence-electron chi connectivity index (χ3n) is 2.83. The van der Waals surface area contributed by atoms with E-state index in [1.165, 1.54) is 6.07 Å². The largest absolute Gasteiger partial charge is 0.508 e. The fourth-order valence-corrected chi connectivity index (χ4v) is 2.08. The number of carbonyl (C=O) groups is 1. The predicted molar refractivity (Wildman–Crippen MR) is 56.4 cm³/mol. The number of hydrogen-bond donors (Lipinski definition) is 2. The summed E-state index contributed by atoms with van der Waals surface area (Å²) in [4.78, 5) is 13.0. The van der Waals surface area contributed by atoms with Gasteiger partial charge in [0.2, 0.25) is 0 Å². The second kappa shape index (κ2) is 3.46. The molecule has 4 nitrogen and oxygen atoms in total. The van der Waals surface area contributed by atoms with Crippen LogP contribution in [0.15, 0.2) is 18.2 Å². The number of fused-ring (bicyclic) bond motifs is 1. The smallest absolute Gasteiger partial charge is 0.313 e. The maximum atomic E-state index is 11.0. The molecule has 80 valence electrons. The van der Waals surface area contributed by atoms with Gasteiger partial charge < -0.3 is 15.1 Å². The van der Waals surface area contributed by atoms with Crippen molar-refractivity contribution in [1.82, 2.24) is 0 Å². The topological polar surface area (TPSA) is 60.8 Å². The third kappa shape index (κ3) is 1.42. The van der Waals surface area contributed by atoms with Crippen molar-refractivity contribution in [3.05, 3.63) is 23.8 Å². The number of benzene rings is 1. The molecule has 1 unspecified atom stereocenters. The van der Waals surface area contributed by atoms with Crippen LogP contribution in [0.4, 0.5) is 5.69 Å². The van der Waals surface area contributed by atoms with E-state index in [0.29, 0.717) is 12.1 Å². The number of nitrogens with zero attached hydrogens (tertiary/aromatic N) is 1. The number of carboxylic acid groups (broad SMARTS) is 1. The monoisotopic (exact) mass is 207 g/mol. The van der Waals surface area contributed by atoms with Crippen molar-refractivity contribution >= 4 is 11.7 Å². The van der Waals surface area contributed by atoms with Gasteiger partial charge in [-0.05, 0) is 19.1 Å². The van der Waals surface area contributed by atoms with Gasteiger partial charge >= 0.3 is 5.97 Å². The number of aliphatic carboxylic acids is 1. The molecule has 0 saturated heterocycles. The van der Waals surface area contributed by atoms with Crippen LogP contribution >= 0.6 is 0 Å². The Labute approximate surface area is 87.8 Å². The molecular weight excluding hydrogens is 194 g/mol. The molecule has 1 aromatic carbocycles. The molecule has 0 aromatic heterocycles. The number of aromatic hydroxyl groups is 1. The first-order valence-corrected chi connectivity index (χ1v) is 4.94. The third-order valence-corrected chi connectivity index (χ3v) is 2.83. The molecule has 4 heteroatoms. The van der Waals surface area contributed by atoms with E-state index >= 15 is 0 Å². The first-order chi connectivity index (χ1) is 7.15. The molecule has 1 heterocycles. The molecule has 0 aliphatic carbocycles. The Kier molecular flexibility index (Phi) is 2.26. The first kappa shape index (κ1) is 9.83. The minimum absolute atomic E-state index is 0.0795. The fourth-order valence-electron chi connectivity index (χ4n) is 2.08. The van der Waals surface area contributed by atoms with Crippen LogP contribution in [0.3, 0.4) is 0 Å². The zero-order chi connectivity index (χ0) is 11.0. The minimum Gasteiger partial charge on any atom is -0.508 e. The Morgan fingerprint density at radius 2 is 2.33 bits per heavy atom. The SMILES string of the molecule is CCN1CC(C(=O)O)c2c(O)cccc21. The van der Waals surface area contributed by atoms with E-state index in [-0.39, 0.29) is 5.75 Å². The van der Waals surface area contributed by atoms with E-state index in [4.69, 9.17) is 5.11 Å². The number of anilines is 1. The zero-order valence-electron chi connectivity index (χ0n) is 8.47. The van der Waals surface area contributed by atoms with E-state index in [1.807, 2.05) is 17.9 Å². The molecule has 1 aromatic rings. The van der Waals surface area contributed by atoms with Crippen molar-refractivity contribution in [2.75, 3.05) is 18.0 Å². The second-order valence-electron chi connectivity index (χ2n) is 3.64. The number of carboxylic acids is 1. The van der Waals surface area contributed by atoms with Gasteiger partial charge in [-0.2, -0.15) is 0 Å². The number of rotatable bonds is 2. The number of phenols is 1. The first-order valence-electron chi connectivity index (χ1n) is 4.94. The van der Waals surface area contributed by atoms with Crippen LogP contribution in [0, 0.1) is 0 Å². The van der Waals surface area contributed by atoms with Crippen molar-refractivity contribution in [3.63, 3.8) is 0 Å². The number of phenolic OH excluding ortho intramolecular Hbond substituents is 1. The second-order valence-corrected chi connectivity index (χ2v) is 3.64. The molecule has 0 fully saturated rings. The fraction of sp³-hybridized carbons (Fsp3) is 0.364. The number of hydrogen-bond acceptors (Lipinski definition) is 3. The summed E-state index contributed by atoms with van der Waals surface area (Å²) in [7, 11) is 0. The summed E-state index contributed by atoms with van der Waals surface area (Å²) < 4.78 is 0. The molecule has 2 rings (SSSR count). The van der Waals surface area contributed by atoms with Crippen LogP contribution in [0.2, 0.25) is 0 Å². The molecule has 0 amide bonds. The quantitative estimate of drug-likeness (QED) is 0.769. The summed E-state index contributed by atoms with van der Waals surface area (Å²) in [6, 6.07) is 5.12. The van der Waals surface area contributed by atoms with Gasteiger partial charge in [0, 0.05) is 24.3 Å². The summed E-state index contributed by atoms with van der Waals surface area (Å²) in [5, 5.41) is 18.7. The molecule has 15 heavy (non-hydrogen) atoms. The van der Waals surface area contributed by atoms with E-state index in [0.717, 1.165) is 12.2 Å². The number of likely N-dealkylation sites (N-methyl/N-ethyl adjacent to an activating group) is 1. The van der Waals surface area contributed by atoms with E-state index in [9.17, 15) is 9.90 Å². The molecule has 1 aliphatic rings. The van der Waals surface area contributed by atoms with Gasteiger partial charge in [0.25, 0.3) is 0 Å². The molecule has 0 saturated carbocycles. The molecule has 2 N–H and O–H groups in total. The van der Waals surface area contributed by atoms with Gasteiger partial charge in [0.05, 0.1) is 0 Å². The molecule has 1 atom stereocenters. The van der Waals surface area contributed by atoms with Gasteiger partial charge in [-0.25, -0.2) is 0 Å². The van der Waals surface area contributed by atoms with Gasteiger partial charge in [-0.15, -0.1) is 0 Å². The highest BCUT2D eigenvalue weighted by Crippen LogP contribution is 2.41. The molecule has 1 aliphatic heterocycles. The highest BCUT2D eigenvalue weighted by Gasteiger charge is 2.34. The highest BCUT2D eigenvalue weighted by atomic mass is 16.4. The van der Waals surface area contributed by atoms with Crippen LogP contribution < -0.4 is 4.90 Å². The normalized spacial score (nSPS) is 19.0. The molecular formula is C11H13NO3. The van der Waals surface area contributed by atoms with Gasteiger partial charge in [0.1, 0.15) is 11.7 Å². The summed E-state index contributed by atoms with van der Waals surface area (Å²) in [5.74, 6) is -1.41. The Morgan fingerprint density at radius 1 is 1.60 bits per heavy atom. The summed E-state index contributed by atoms with van der Waals surface area (Å²) in [6.45, 7) is 3.16. The van der Waals surface area contributed by atoms with Crippen molar-refractivity contribution in [1.29, 1.82) is 0 Å². The summed E-state index contributed by atoms with van der Waals surface area (Å²) in [6.07, 6.45) is 0. The Morgan fingerprint density at radius 3 is 2.93 bits per heavy atom. The maximum Gasteiger partial charge on any atom is 0.313 e. The lowest BCUT2D eigenvalue weighted by Gasteiger charge is -2.16.